The maximum Gasteiger partial charge on any atom is 0.164 e. The van der Waals surface area contributed by atoms with Crippen LogP contribution in [0.3, 0.4) is 0 Å². The molecule has 12 rings (SSSR count). The predicted molar refractivity (Wildman–Crippen MR) is 240 cm³/mol. The molecule has 0 bridgehead atoms. The molecular weight excluding hydrogens is 729 g/mol. The van der Waals surface area contributed by atoms with Gasteiger partial charge in [-0.15, -0.1) is 11.3 Å². The van der Waals surface area contributed by atoms with Crippen LogP contribution in [0.4, 0.5) is 0 Å². The van der Waals surface area contributed by atoms with Crippen molar-refractivity contribution in [3.8, 4) is 56.5 Å². The number of thiophene rings is 1. The second-order valence-corrected chi connectivity index (χ2v) is 15.6. The van der Waals surface area contributed by atoms with E-state index in [9.17, 15) is 0 Å². The van der Waals surface area contributed by atoms with E-state index in [2.05, 4.69) is 115 Å². The maximum atomic E-state index is 6.46. The van der Waals surface area contributed by atoms with Crippen molar-refractivity contribution in [3.05, 3.63) is 182 Å². The minimum atomic E-state index is 0.601. The topological polar surface area (TPSA) is 64.7 Å². The lowest BCUT2D eigenvalue weighted by atomic mass is 9.94. The van der Waals surface area contributed by atoms with E-state index < -0.39 is 0 Å². The summed E-state index contributed by atoms with van der Waals surface area (Å²) < 4.78 is 9.04. The Morgan fingerprint density at radius 1 is 0.362 bits per heavy atom. The van der Waals surface area contributed by atoms with Crippen LogP contribution < -0.4 is 0 Å². The van der Waals surface area contributed by atoms with E-state index in [-0.39, 0.29) is 0 Å². The molecule has 4 heterocycles. The van der Waals surface area contributed by atoms with E-state index in [0.29, 0.717) is 17.5 Å². The van der Waals surface area contributed by atoms with E-state index in [4.69, 9.17) is 24.4 Å². The van der Waals surface area contributed by atoms with E-state index >= 15 is 0 Å². The van der Waals surface area contributed by atoms with Gasteiger partial charge in [0.1, 0.15) is 11.2 Å². The second kappa shape index (κ2) is 13.0. The van der Waals surface area contributed by atoms with Crippen molar-refractivity contribution >= 4 is 75.1 Å². The fourth-order valence-electron chi connectivity index (χ4n) is 8.43. The van der Waals surface area contributed by atoms with Gasteiger partial charge in [0, 0.05) is 58.8 Å². The average molecular weight is 759 g/mol. The highest BCUT2D eigenvalue weighted by molar-refractivity contribution is 7.26. The van der Waals surface area contributed by atoms with E-state index in [1.165, 1.54) is 31.3 Å². The standard InChI is InChI=1S/C52H30N4OS/c1-2-13-32(14-3-1)50-54-51(33-27-25-31(26-28-33)47-46-42-19-7-10-23-44(42)57-48(46)41-18-6-9-22-43(41)53-47)56-52(55-50)40-30-29-36(34-15-4-5-16-35(34)40)38-20-12-21-39-37-17-8-11-24-45(37)58-49(38)39/h1-30H. The fraction of sp³-hybridized carbons (Fsp3) is 0. The van der Waals surface area contributed by atoms with Crippen molar-refractivity contribution in [3.63, 3.8) is 0 Å². The van der Waals surface area contributed by atoms with E-state index in [1.807, 2.05) is 78.1 Å². The smallest absolute Gasteiger partial charge is 0.164 e. The van der Waals surface area contributed by atoms with Gasteiger partial charge in [0.05, 0.1) is 16.6 Å². The van der Waals surface area contributed by atoms with Gasteiger partial charge in [0.25, 0.3) is 0 Å². The van der Waals surface area contributed by atoms with Crippen molar-refractivity contribution < 1.29 is 4.42 Å². The largest absolute Gasteiger partial charge is 0.455 e. The van der Waals surface area contributed by atoms with Gasteiger partial charge < -0.3 is 4.42 Å². The summed E-state index contributed by atoms with van der Waals surface area (Å²) in [7, 11) is 0. The molecular formula is C52H30N4OS. The zero-order valence-corrected chi connectivity index (χ0v) is 31.7. The molecule has 0 radical (unpaired) electrons. The molecule has 0 aliphatic carbocycles. The van der Waals surface area contributed by atoms with Crippen LogP contribution in [0, 0.1) is 0 Å². The van der Waals surface area contributed by atoms with Crippen LogP contribution >= 0.6 is 11.3 Å². The molecule has 0 fully saturated rings. The molecule has 0 atom stereocenters. The van der Waals surface area contributed by atoms with Crippen LogP contribution in [0.5, 0.6) is 0 Å². The first-order valence-electron chi connectivity index (χ1n) is 19.3. The van der Waals surface area contributed by atoms with Gasteiger partial charge in [0.15, 0.2) is 17.5 Å². The number of hydrogen-bond acceptors (Lipinski definition) is 6. The summed E-state index contributed by atoms with van der Waals surface area (Å²) in [5.74, 6) is 1.85. The van der Waals surface area contributed by atoms with Crippen LogP contribution in [0.1, 0.15) is 0 Å². The van der Waals surface area contributed by atoms with Gasteiger partial charge in [-0.3, -0.25) is 0 Å². The molecule has 0 saturated heterocycles. The fourth-order valence-corrected chi connectivity index (χ4v) is 9.66. The van der Waals surface area contributed by atoms with E-state index in [1.54, 1.807) is 0 Å². The molecule has 58 heavy (non-hydrogen) atoms. The van der Waals surface area contributed by atoms with Crippen LogP contribution in [0.25, 0.3) is 120 Å². The second-order valence-electron chi connectivity index (χ2n) is 14.5. The summed E-state index contributed by atoms with van der Waals surface area (Å²) in [5.41, 5.74) is 9.62. The number of furan rings is 1. The third kappa shape index (κ3) is 5.16. The number of hydrogen-bond donors (Lipinski definition) is 0. The molecule has 0 saturated carbocycles. The molecule has 0 N–H and O–H groups in total. The van der Waals surface area contributed by atoms with Crippen molar-refractivity contribution in [2.45, 2.75) is 0 Å². The minimum Gasteiger partial charge on any atom is -0.455 e. The highest BCUT2D eigenvalue weighted by Crippen LogP contribution is 2.44. The Kier molecular flexibility index (Phi) is 7.33. The number of benzene rings is 8. The molecule has 4 aromatic heterocycles. The summed E-state index contributed by atoms with van der Waals surface area (Å²) in [6, 6.07) is 63.2. The van der Waals surface area contributed by atoms with Crippen LogP contribution in [-0.2, 0) is 0 Å². The molecule has 0 amide bonds. The first-order chi connectivity index (χ1) is 28.7. The van der Waals surface area contributed by atoms with Gasteiger partial charge in [-0.25, -0.2) is 19.9 Å². The molecule has 8 aromatic carbocycles. The highest BCUT2D eigenvalue weighted by Gasteiger charge is 2.20. The monoisotopic (exact) mass is 758 g/mol. The van der Waals surface area contributed by atoms with Gasteiger partial charge >= 0.3 is 0 Å². The molecule has 5 nitrogen and oxygen atoms in total. The quantitative estimate of drug-likeness (QED) is 0.175. The van der Waals surface area contributed by atoms with Crippen LogP contribution in [0.15, 0.2) is 186 Å². The number of para-hydroxylation sites is 2. The Hall–Kier alpha value is -7.54. The number of nitrogens with zero attached hydrogens (tertiary/aromatic N) is 4. The van der Waals surface area contributed by atoms with Gasteiger partial charge in [0.2, 0.25) is 0 Å². The van der Waals surface area contributed by atoms with Crippen LogP contribution in [-0.4, -0.2) is 19.9 Å². The Balaban J connectivity index is 1.01. The normalized spacial score (nSPS) is 11.8. The predicted octanol–water partition coefficient (Wildman–Crippen LogP) is 14.2. The molecule has 270 valence electrons. The minimum absolute atomic E-state index is 0.601. The Labute approximate surface area is 336 Å². The first-order valence-corrected chi connectivity index (χ1v) is 20.1. The molecule has 0 unspecified atom stereocenters. The summed E-state index contributed by atoms with van der Waals surface area (Å²) in [6.45, 7) is 0. The third-order valence-electron chi connectivity index (χ3n) is 11.2. The number of fused-ring (bicyclic) bond motifs is 9. The van der Waals surface area contributed by atoms with Crippen molar-refractivity contribution in [2.75, 3.05) is 0 Å². The molecule has 12 aromatic rings. The lowest BCUT2D eigenvalue weighted by Gasteiger charge is -2.14. The Bertz CT molecular complexity index is 3570. The highest BCUT2D eigenvalue weighted by atomic mass is 32.1. The first kappa shape index (κ1) is 32.7. The summed E-state index contributed by atoms with van der Waals surface area (Å²) >= 11 is 1.85. The number of aromatic nitrogens is 4. The SMILES string of the molecule is c1ccc(-c2nc(-c3ccc(-c4nc5ccccc5c5oc6ccccc6c45)cc3)nc(-c3ccc(-c4cccc5c4sc4ccccc45)c4ccccc34)n2)cc1. The maximum absolute atomic E-state index is 6.46. The van der Waals surface area contributed by atoms with Crippen molar-refractivity contribution in [2.24, 2.45) is 0 Å². The summed E-state index contributed by atoms with van der Waals surface area (Å²) in [4.78, 5) is 20.6. The lowest BCUT2D eigenvalue weighted by Crippen LogP contribution is -2.01. The molecule has 6 heteroatoms. The molecule has 0 spiro atoms. The van der Waals surface area contributed by atoms with Gasteiger partial charge in [-0.2, -0.15) is 0 Å². The zero-order chi connectivity index (χ0) is 38.2. The van der Waals surface area contributed by atoms with E-state index in [0.717, 1.165) is 71.6 Å². The molecule has 0 aliphatic rings. The lowest BCUT2D eigenvalue weighted by molar-refractivity contribution is 0.672. The van der Waals surface area contributed by atoms with Gasteiger partial charge in [-0.05, 0) is 46.7 Å². The number of rotatable bonds is 5. The summed E-state index contributed by atoms with van der Waals surface area (Å²) in [6.07, 6.45) is 0. The Morgan fingerprint density at radius 3 is 1.76 bits per heavy atom. The molecule has 0 aliphatic heterocycles. The summed E-state index contributed by atoms with van der Waals surface area (Å²) in [5, 5.41) is 7.87. The zero-order valence-electron chi connectivity index (χ0n) is 30.9. The Morgan fingerprint density at radius 2 is 0.948 bits per heavy atom. The van der Waals surface area contributed by atoms with Crippen molar-refractivity contribution in [1.82, 2.24) is 19.9 Å². The van der Waals surface area contributed by atoms with Crippen LogP contribution in [0.2, 0.25) is 0 Å². The van der Waals surface area contributed by atoms with Gasteiger partial charge in [-0.1, -0.05) is 152 Å². The van der Waals surface area contributed by atoms with Crippen molar-refractivity contribution in [1.29, 1.82) is 0 Å². The third-order valence-corrected chi connectivity index (χ3v) is 12.4. The number of pyridine rings is 1. The average Bonchev–Trinajstić information content (AvgIpc) is 3.88.